The number of aromatic nitrogens is 1. The maximum atomic E-state index is 12.8. The Bertz CT molecular complexity index is 967. The van der Waals surface area contributed by atoms with Crippen LogP contribution in [0, 0.1) is 0 Å². The highest BCUT2D eigenvalue weighted by molar-refractivity contribution is 6.30. The van der Waals surface area contributed by atoms with Crippen LogP contribution in [-0.2, 0) is 6.54 Å². The molecule has 0 fully saturated rings. The number of pyridine rings is 1. The van der Waals surface area contributed by atoms with E-state index < -0.39 is 0 Å². The number of aromatic amines is 1. The molecule has 3 aromatic rings. The van der Waals surface area contributed by atoms with E-state index >= 15 is 0 Å². The Labute approximate surface area is 157 Å². The van der Waals surface area contributed by atoms with Gasteiger partial charge in [0.2, 0.25) is 0 Å². The van der Waals surface area contributed by atoms with Crippen molar-refractivity contribution in [1.82, 2.24) is 9.88 Å². The number of carbonyl (C=O) groups excluding carboxylic acids is 1. The summed E-state index contributed by atoms with van der Waals surface area (Å²) in [5.74, 6) is -0.298. The number of halogens is 1. The third-order valence-corrected chi connectivity index (χ3v) is 4.39. The molecule has 1 aromatic heterocycles. The van der Waals surface area contributed by atoms with Gasteiger partial charge in [-0.15, -0.1) is 0 Å². The number of benzene rings is 2. The lowest BCUT2D eigenvalue weighted by Crippen LogP contribution is -2.34. The minimum Gasteiger partial charge on any atom is -0.334 e. The molecule has 4 nitrogen and oxygen atoms in total. The van der Waals surface area contributed by atoms with Gasteiger partial charge in [0.1, 0.15) is 5.56 Å². The SMILES string of the molecule is CCN(Cc1cccc(Cl)c1)C(=O)c1ccc(-c2ccccc2)[nH]c1=O. The lowest BCUT2D eigenvalue weighted by molar-refractivity contribution is 0.0751. The van der Waals surface area contributed by atoms with E-state index in [1.165, 1.54) is 0 Å². The molecular formula is C21H19ClN2O2. The molecule has 0 atom stereocenters. The first-order valence-corrected chi connectivity index (χ1v) is 8.78. The molecule has 0 spiro atoms. The van der Waals surface area contributed by atoms with Gasteiger partial charge < -0.3 is 9.88 Å². The average molecular weight is 367 g/mol. The average Bonchev–Trinajstić information content (AvgIpc) is 2.66. The van der Waals surface area contributed by atoms with Gasteiger partial charge in [-0.25, -0.2) is 0 Å². The van der Waals surface area contributed by atoms with Crippen molar-refractivity contribution >= 4 is 17.5 Å². The molecule has 0 saturated heterocycles. The predicted molar refractivity (Wildman–Crippen MR) is 104 cm³/mol. The van der Waals surface area contributed by atoms with Crippen LogP contribution in [0.5, 0.6) is 0 Å². The number of hydrogen-bond donors (Lipinski definition) is 1. The second-order valence-corrected chi connectivity index (χ2v) is 6.37. The largest absolute Gasteiger partial charge is 0.334 e. The van der Waals surface area contributed by atoms with Gasteiger partial charge >= 0.3 is 0 Å². The van der Waals surface area contributed by atoms with Gasteiger partial charge in [-0.2, -0.15) is 0 Å². The molecule has 132 valence electrons. The zero-order valence-electron chi connectivity index (χ0n) is 14.4. The molecule has 1 N–H and O–H groups in total. The van der Waals surface area contributed by atoms with Gasteiger partial charge in [0.05, 0.1) is 0 Å². The first-order chi connectivity index (χ1) is 12.6. The molecule has 5 heteroatoms. The Kier molecular flexibility index (Phi) is 5.54. The van der Waals surface area contributed by atoms with Crippen LogP contribution in [-0.4, -0.2) is 22.3 Å². The van der Waals surface area contributed by atoms with Crippen molar-refractivity contribution in [3.63, 3.8) is 0 Å². The number of rotatable bonds is 5. The summed E-state index contributed by atoms with van der Waals surface area (Å²) in [4.78, 5) is 29.7. The number of carbonyl (C=O) groups is 1. The Hall–Kier alpha value is -2.85. The summed E-state index contributed by atoms with van der Waals surface area (Å²) in [5, 5.41) is 0.621. The van der Waals surface area contributed by atoms with E-state index in [9.17, 15) is 9.59 Å². The first kappa shape index (κ1) is 18.0. The molecule has 1 amide bonds. The van der Waals surface area contributed by atoms with Crippen LogP contribution in [0.2, 0.25) is 5.02 Å². The number of nitrogens with one attached hydrogen (secondary N) is 1. The second kappa shape index (κ2) is 8.02. The molecule has 26 heavy (non-hydrogen) atoms. The number of hydrogen-bond acceptors (Lipinski definition) is 2. The summed E-state index contributed by atoms with van der Waals surface area (Å²) in [7, 11) is 0. The van der Waals surface area contributed by atoms with Gasteiger partial charge in [0.15, 0.2) is 0 Å². The van der Waals surface area contributed by atoms with Crippen LogP contribution in [0.15, 0.2) is 71.5 Å². The normalized spacial score (nSPS) is 10.5. The maximum Gasteiger partial charge on any atom is 0.261 e. The number of amides is 1. The zero-order chi connectivity index (χ0) is 18.5. The summed E-state index contributed by atoms with van der Waals surface area (Å²) in [6.07, 6.45) is 0. The molecule has 0 aliphatic heterocycles. The van der Waals surface area contributed by atoms with Crippen molar-refractivity contribution in [1.29, 1.82) is 0 Å². The van der Waals surface area contributed by atoms with E-state index in [1.807, 2.05) is 55.5 Å². The Morgan fingerprint density at radius 3 is 2.46 bits per heavy atom. The van der Waals surface area contributed by atoms with Crippen molar-refractivity contribution in [2.45, 2.75) is 13.5 Å². The van der Waals surface area contributed by atoms with Crippen LogP contribution in [0.1, 0.15) is 22.8 Å². The van der Waals surface area contributed by atoms with Crippen molar-refractivity contribution in [3.05, 3.63) is 93.2 Å². The minimum atomic E-state index is -0.388. The second-order valence-electron chi connectivity index (χ2n) is 5.93. The standard InChI is InChI=1S/C21H19ClN2O2/c1-2-24(14-15-7-6-10-17(22)13-15)21(26)18-11-12-19(23-20(18)25)16-8-4-3-5-9-16/h3-13H,2,14H2,1H3,(H,23,25). The topological polar surface area (TPSA) is 53.2 Å². The third kappa shape index (κ3) is 4.03. The fourth-order valence-corrected chi connectivity index (χ4v) is 2.99. The predicted octanol–water partition coefficient (Wildman–Crippen LogP) is 4.36. The van der Waals surface area contributed by atoms with Crippen LogP contribution < -0.4 is 5.56 Å². The molecule has 0 radical (unpaired) electrons. The quantitative estimate of drug-likeness (QED) is 0.729. The van der Waals surface area contributed by atoms with Crippen molar-refractivity contribution in [2.24, 2.45) is 0 Å². The third-order valence-electron chi connectivity index (χ3n) is 4.16. The smallest absolute Gasteiger partial charge is 0.261 e. The van der Waals surface area contributed by atoms with Crippen LogP contribution in [0.4, 0.5) is 0 Å². The molecule has 0 aliphatic carbocycles. The number of nitrogens with zero attached hydrogens (tertiary/aromatic N) is 1. The highest BCUT2D eigenvalue weighted by Crippen LogP contribution is 2.16. The maximum absolute atomic E-state index is 12.8. The molecule has 0 aliphatic rings. The molecular weight excluding hydrogens is 348 g/mol. The van der Waals surface area contributed by atoms with E-state index in [4.69, 9.17) is 11.6 Å². The highest BCUT2D eigenvalue weighted by atomic mass is 35.5. The Morgan fingerprint density at radius 1 is 1.04 bits per heavy atom. The van der Waals surface area contributed by atoms with Gasteiger partial charge in [0.25, 0.3) is 11.5 Å². The number of H-pyrrole nitrogens is 1. The van der Waals surface area contributed by atoms with E-state index in [1.54, 1.807) is 23.1 Å². The van der Waals surface area contributed by atoms with E-state index in [2.05, 4.69) is 4.98 Å². The fraction of sp³-hybridized carbons (Fsp3) is 0.143. The zero-order valence-corrected chi connectivity index (χ0v) is 15.2. The summed E-state index contributed by atoms with van der Waals surface area (Å²) in [5.41, 5.74) is 2.25. The van der Waals surface area contributed by atoms with E-state index in [0.29, 0.717) is 23.8 Å². The molecule has 0 bridgehead atoms. The van der Waals surface area contributed by atoms with Crippen LogP contribution in [0.3, 0.4) is 0 Å². The lowest BCUT2D eigenvalue weighted by Gasteiger charge is -2.21. The Morgan fingerprint density at radius 2 is 1.81 bits per heavy atom. The van der Waals surface area contributed by atoms with Crippen molar-refractivity contribution < 1.29 is 4.79 Å². The summed E-state index contributed by atoms with van der Waals surface area (Å²) in [6, 6.07) is 20.2. The monoisotopic (exact) mass is 366 g/mol. The fourth-order valence-electron chi connectivity index (χ4n) is 2.78. The van der Waals surface area contributed by atoms with Gasteiger partial charge in [-0.1, -0.05) is 54.1 Å². The van der Waals surface area contributed by atoms with Gasteiger partial charge in [-0.3, -0.25) is 9.59 Å². The van der Waals surface area contributed by atoms with E-state index in [0.717, 1.165) is 11.1 Å². The molecule has 0 unspecified atom stereocenters. The molecule has 1 heterocycles. The summed E-state index contributed by atoms with van der Waals surface area (Å²) >= 11 is 6.01. The van der Waals surface area contributed by atoms with E-state index in [-0.39, 0.29) is 17.0 Å². The highest BCUT2D eigenvalue weighted by Gasteiger charge is 2.18. The minimum absolute atomic E-state index is 0.133. The molecule has 0 saturated carbocycles. The first-order valence-electron chi connectivity index (χ1n) is 8.41. The summed E-state index contributed by atoms with van der Waals surface area (Å²) < 4.78 is 0. The molecule has 3 rings (SSSR count). The molecule has 2 aromatic carbocycles. The Balaban J connectivity index is 1.85. The van der Waals surface area contributed by atoms with Gasteiger partial charge in [0, 0.05) is 23.8 Å². The van der Waals surface area contributed by atoms with Crippen LogP contribution >= 0.6 is 11.6 Å². The van der Waals surface area contributed by atoms with Crippen LogP contribution in [0.25, 0.3) is 11.3 Å². The van der Waals surface area contributed by atoms with Crippen molar-refractivity contribution in [2.75, 3.05) is 6.54 Å². The lowest BCUT2D eigenvalue weighted by atomic mass is 10.1. The summed E-state index contributed by atoms with van der Waals surface area (Å²) in [6.45, 7) is 2.77. The van der Waals surface area contributed by atoms with Gasteiger partial charge in [-0.05, 0) is 42.3 Å². The van der Waals surface area contributed by atoms with Crippen molar-refractivity contribution in [3.8, 4) is 11.3 Å².